The largest absolute Gasteiger partial charge is 0.411 e. The van der Waals surface area contributed by atoms with Crippen molar-refractivity contribution < 1.29 is 9.21 Å². The molecule has 2 N–H and O–H groups in total. The molecule has 0 unspecified atom stereocenters. The zero-order valence-corrected chi connectivity index (χ0v) is 14.3. The maximum Gasteiger partial charge on any atom is 0.277 e. The molecule has 1 aromatic heterocycles. The minimum absolute atomic E-state index is 0.0495. The van der Waals surface area contributed by atoms with E-state index in [0.717, 1.165) is 22.3 Å². The first kappa shape index (κ1) is 16.3. The molecule has 6 heteroatoms. The van der Waals surface area contributed by atoms with Crippen LogP contribution >= 0.6 is 11.8 Å². The normalized spacial score (nSPS) is 10.8. The Morgan fingerprint density at radius 1 is 1.12 bits per heavy atom. The van der Waals surface area contributed by atoms with E-state index < -0.39 is 0 Å². The summed E-state index contributed by atoms with van der Waals surface area (Å²) in [6.07, 6.45) is 0. The molecule has 0 bridgehead atoms. The van der Waals surface area contributed by atoms with Gasteiger partial charge in [-0.2, -0.15) is 0 Å². The minimum Gasteiger partial charge on any atom is -0.411 e. The number of thioether (sulfide) groups is 1. The van der Waals surface area contributed by atoms with Crippen molar-refractivity contribution in [3.05, 3.63) is 59.2 Å². The Morgan fingerprint density at radius 3 is 2.62 bits per heavy atom. The lowest BCUT2D eigenvalue weighted by molar-refractivity contribution is 0.102. The zero-order valence-electron chi connectivity index (χ0n) is 13.4. The van der Waals surface area contributed by atoms with Crippen LogP contribution in [0.1, 0.15) is 21.5 Å². The summed E-state index contributed by atoms with van der Waals surface area (Å²) in [5.41, 5.74) is 9.91. The number of nitrogens with two attached hydrogens (primary N) is 1. The first-order valence-corrected chi connectivity index (χ1v) is 8.44. The molecule has 2 aromatic carbocycles. The van der Waals surface area contributed by atoms with Gasteiger partial charge in [-0.25, -0.2) is 0 Å². The van der Waals surface area contributed by atoms with E-state index in [9.17, 15) is 4.79 Å². The van der Waals surface area contributed by atoms with Crippen LogP contribution in [-0.2, 0) is 0 Å². The standard InChI is InChI=1S/C18H17N3O2S/c1-11-3-4-12(2)15(9-11)16(22)10-24-18-21-20-17(23-18)13-5-7-14(19)8-6-13/h3-9H,10,19H2,1-2H3. The maximum atomic E-state index is 12.4. The van der Waals surface area contributed by atoms with Crippen LogP contribution in [0, 0.1) is 13.8 Å². The van der Waals surface area contributed by atoms with E-state index in [0.29, 0.717) is 16.8 Å². The third-order valence-electron chi connectivity index (χ3n) is 3.58. The molecule has 0 spiro atoms. The van der Waals surface area contributed by atoms with Crippen LogP contribution in [0.3, 0.4) is 0 Å². The molecule has 3 rings (SSSR count). The number of benzene rings is 2. The first-order valence-electron chi connectivity index (χ1n) is 7.45. The molecule has 1 heterocycles. The number of aromatic nitrogens is 2. The average molecular weight is 339 g/mol. The molecule has 5 nitrogen and oxygen atoms in total. The molecule has 0 aliphatic carbocycles. The Hall–Kier alpha value is -2.60. The number of carbonyl (C=O) groups is 1. The van der Waals surface area contributed by atoms with Crippen molar-refractivity contribution in [2.75, 3.05) is 11.5 Å². The highest BCUT2D eigenvalue weighted by molar-refractivity contribution is 7.99. The Morgan fingerprint density at radius 2 is 1.88 bits per heavy atom. The van der Waals surface area contributed by atoms with Crippen molar-refractivity contribution in [3.63, 3.8) is 0 Å². The number of aryl methyl sites for hydroxylation is 2. The van der Waals surface area contributed by atoms with Gasteiger partial charge in [0.15, 0.2) is 5.78 Å². The van der Waals surface area contributed by atoms with Gasteiger partial charge in [0.2, 0.25) is 5.89 Å². The zero-order chi connectivity index (χ0) is 17.1. The van der Waals surface area contributed by atoms with E-state index in [-0.39, 0.29) is 11.5 Å². The average Bonchev–Trinajstić information content (AvgIpc) is 3.04. The predicted molar refractivity (Wildman–Crippen MR) is 95.1 cm³/mol. The number of hydrogen-bond donors (Lipinski definition) is 1. The van der Waals surface area contributed by atoms with Crippen LogP contribution in [0.15, 0.2) is 52.1 Å². The predicted octanol–water partition coefficient (Wildman–Crippen LogP) is 3.91. The van der Waals surface area contributed by atoms with Crippen LogP contribution in [0.25, 0.3) is 11.5 Å². The molecule has 0 saturated heterocycles. The number of rotatable bonds is 5. The smallest absolute Gasteiger partial charge is 0.277 e. The quantitative estimate of drug-likeness (QED) is 0.431. The summed E-state index contributed by atoms with van der Waals surface area (Å²) in [6.45, 7) is 3.91. The van der Waals surface area contributed by atoms with Gasteiger partial charge in [-0.3, -0.25) is 4.79 Å². The number of ketones is 1. The summed E-state index contributed by atoms with van der Waals surface area (Å²) in [6, 6.07) is 13.0. The second kappa shape index (κ2) is 6.88. The molecule has 0 saturated carbocycles. The first-order chi connectivity index (χ1) is 11.5. The van der Waals surface area contributed by atoms with Crippen molar-refractivity contribution in [3.8, 4) is 11.5 Å². The lowest BCUT2D eigenvalue weighted by Crippen LogP contribution is -2.05. The van der Waals surface area contributed by atoms with Gasteiger partial charge in [0.25, 0.3) is 5.22 Å². The fraction of sp³-hybridized carbons (Fsp3) is 0.167. The van der Waals surface area contributed by atoms with Crippen LogP contribution in [-0.4, -0.2) is 21.7 Å². The molecule has 0 aliphatic heterocycles. The van der Waals surface area contributed by atoms with Crippen molar-refractivity contribution in [2.24, 2.45) is 0 Å². The molecular weight excluding hydrogens is 322 g/mol. The summed E-state index contributed by atoms with van der Waals surface area (Å²) < 4.78 is 5.60. The van der Waals surface area contributed by atoms with Gasteiger partial charge in [-0.15, -0.1) is 10.2 Å². The number of anilines is 1. The fourth-order valence-electron chi connectivity index (χ4n) is 2.25. The highest BCUT2D eigenvalue weighted by Crippen LogP contribution is 2.25. The van der Waals surface area contributed by atoms with Gasteiger partial charge in [0.1, 0.15) is 0 Å². The molecule has 3 aromatic rings. The van der Waals surface area contributed by atoms with Crippen LogP contribution in [0.2, 0.25) is 0 Å². The molecule has 0 amide bonds. The van der Waals surface area contributed by atoms with Gasteiger partial charge in [-0.1, -0.05) is 29.5 Å². The molecular formula is C18H17N3O2S. The van der Waals surface area contributed by atoms with Gasteiger partial charge in [0.05, 0.1) is 5.75 Å². The van der Waals surface area contributed by atoms with Crippen LogP contribution in [0.5, 0.6) is 0 Å². The molecule has 0 aliphatic rings. The maximum absolute atomic E-state index is 12.4. The lowest BCUT2D eigenvalue weighted by Gasteiger charge is -2.04. The van der Waals surface area contributed by atoms with Crippen molar-refractivity contribution in [1.29, 1.82) is 0 Å². The third-order valence-corrected chi connectivity index (χ3v) is 4.40. The Kier molecular flexibility index (Phi) is 4.66. The van der Waals surface area contributed by atoms with E-state index >= 15 is 0 Å². The monoisotopic (exact) mass is 339 g/mol. The van der Waals surface area contributed by atoms with Crippen molar-refractivity contribution >= 4 is 23.2 Å². The van der Waals surface area contributed by atoms with E-state index in [1.54, 1.807) is 12.1 Å². The number of nitrogens with zero attached hydrogens (tertiary/aromatic N) is 2. The third kappa shape index (κ3) is 3.65. The summed E-state index contributed by atoms with van der Waals surface area (Å²) in [5, 5.41) is 8.37. The summed E-state index contributed by atoms with van der Waals surface area (Å²) in [5.74, 6) is 0.721. The van der Waals surface area contributed by atoms with Gasteiger partial charge in [0, 0.05) is 16.8 Å². The molecule has 24 heavy (non-hydrogen) atoms. The van der Waals surface area contributed by atoms with E-state index in [1.165, 1.54) is 11.8 Å². The lowest BCUT2D eigenvalue weighted by atomic mass is 10.0. The number of hydrogen-bond acceptors (Lipinski definition) is 6. The Labute approximate surface area is 144 Å². The molecule has 0 radical (unpaired) electrons. The van der Waals surface area contributed by atoms with E-state index in [4.69, 9.17) is 10.2 Å². The Bertz CT molecular complexity index is 872. The van der Waals surface area contributed by atoms with Gasteiger partial charge in [-0.05, 0) is 49.7 Å². The van der Waals surface area contributed by atoms with E-state index in [2.05, 4.69) is 10.2 Å². The topological polar surface area (TPSA) is 82.0 Å². The minimum atomic E-state index is 0.0495. The van der Waals surface area contributed by atoms with E-state index in [1.807, 2.05) is 44.2 Å². The van der Waals surface area contributed by atoms with Gasteiger partial charge >= 0.3 is 0 Å². The van der Waals surface area contributed by atoms with Gasteiger partial charge < -0.3 is 10.2 Å². The molecule has 122 valence electrons. The number of nitrogen functional groups attached to an aromatic ring is 1. The molecule has 0 atom stereocenters. The molecule has 0 fully saturated rings. The SMILES string of the molecule is Cc1ccc(C)c(C(=O)CSc2nnc(-c3ccc(N)cc3)o2)c1. The second-order valence-electron chi connectivity index (χ2n) is 5.53. The summed E-state index contributed by atoms with van der Waals surface area (Å²) >= 11 is 1.24. The van der Waals surface area contributed by atoms with Crippen LogP contribution in [0.4, 0.5) is 5.69 Å². The highest BCUT2D eigenvalue weighted by Gasteiger charge is 2.14. The van der Waals surface area contributed by atoms with Crippen molar-refractivity contribution in [2.45, 2.75) is 19.1 Å². The van der Waals surface area contributed by atoms with Crippen LogP contribution < -0.4 is 5.73 Å². The summed E-state index contributed by atoms with van der Waals surface area (Å²) in [4.78, 5) is 12.4. The fourth-order valence-corrected chi connectivity index (χ4v) is 2.90. The Balaban J connectivity index is 1.68. The number of carbonyl (C=O) groups excluding carboxylic acids is 1. The second-order valence-corrected chi connectivity index (χ2v) is 6.45. The van der Waals surface area contributed by atoms with Crippen molar-refractivity contribution in [1.82, 2.24) is 10.2 Å². The highest BCUT2D eigenvalue weighted by atomic mass is 32.2. The summed E-state index contributed by atoms with van der Waals surface area (Å²) in [7, 11) is 0. The number of Topliss-reactive ketones (excluding diaryl/α,β-unsaturated/α-hetero) is 1.